The third kappa shape index (κ3) is 3.50. The zero-order valence-electron chi connectivity index (χ0n) is 14.9. The van der Waals surface area contributed by atoms with E-state index in [4.69, 9.17) is 9.47 Å². The number of thiol groups is 1. The summed E-state index contributed by atoms with van der Waals surface area (Å²) in [6, 6.07) is 10.1. The number of nitrogens with zero attached hydrogens (tertiary/aromatic N) is 4. The smallest absolute Gasteiger partial charge is 0.130 e. The summed E-state index contributed by atoms with van der Waals surface area (Å²) >= 11 is 4.42. The van der Waals surface area contributed by atoms with Crippen molar-refractivity contribution in [1.29, 1.82) is 0 Å². The molecule has 0 spiro atoms. The predicted molar refractivity (Wildman–Crippen MR) is 106 cm³/mol. The van der Waals surface area contributed by atoms with Gasteiger partial charge >= 0.3 is 0 Å². The highest BCUT2D eigenvalue weighted by molar-refractivity contribution is 7.80. The second-order valence-corrected chi connectivity index (χ2v) is 7.16. The maximum absolute atomic E-state index is 5.83. The van der Waals surface area contributed by atoms with E-state index in [0.29, 0.717) is 13.2 Å². The molecule has 1 fully saturated rings. The first-order valence-electron chi connectivity index (χ1n) is 8.75. The molecule has 0 radical (unpaired) electrons. The number of morpholine rings is 1. The van der Waals surface area contributed by atoms with Crippen molar-refractivity contribution in [2.24, 2.45) is 0 Å². The minimum Gasteiger partial charge on any atom is -0.491 e. The van der Waals surface area contributed by atoms with Crippen molar-refractivity contribution in [2.75, 3.05) is 24.6 Å². The summed E-state index contributed by atoms with van der Waals surface area (Å²) in [5, 5.41) is 5.63. The van der Waals surface area contributed by atoms with E-state index in [1.807, 2.05) is 61.3 Å². The predicted octanol–water partition coefficient (Wildman–Crippen LogP) is 3.30. The van der Waals surface area contributed by atoms with Gasteiger partial charge in [0.1, 0.15) is 17.0 Å². The molecule has 26 heavy (non-hydrogen) atoms. The third-order valence-electron chi connectivity index (χ3n) is 4.26. The molecule has 6 nitrogen and oxygen atoms in total. The zero-order valence-corrected chi connectivity index (χ0v) is 15.8. The Morgan fingerprint density at radius 2 is 2.15 bits per heavy atom. The van der Waals surface area contributed by atoms with Crippen LogP contribution in [0.4, 0.5) is 5.82 Å². The Bertz CT molecular complexity index is 911. The van der Waals surface area contributed by atoms with Crippen LogP contribution in [0.15, 0.2) is 42.7 Å². The summed E-state index contributed by atoms with van der Waals surface area (Å²) in [4.78, 5) is 6.70. The van der Waals surface area contributed by atoms with Crippen molar-refractivity contribution >= 4 is 29.3 Å². The highest BCUT2D eigenvalue weighted by atomic mass is 32.1. The van der Waals surface area contributed by atoms with Gasteiger partial charge in [0, 0.05) is 30.3 Å². The lowest BCUT2D eigenvalue weighted by molar-refractivity contribution is 0.0993. The van der Waals surface area contributed by atoms with Gasteiger partial charge in [-0.1, -0.05) is 0 Å². The average molecular weight is 370 g/mol. The zero-order chi connectivity index (χ0) is 18.1. The van der Waals surface area contributed by atoms with Gasteiger partial charge in [-0.3, -0.25) is 0 Å². The molecule has 3 heterocycles. The van der Waals surface area contributed by atoms with Gasteiger partial charge in [0.15, 0.2) is 0 Å². The van der Waals surface area contributed by atoms with Gasteiger partial charge < -0.3 is 14.4 Å². The monoisotopic (exact) mass is 370 g/mol. The Morgan fingerprint density at radius 3 is 2.96 bits per heavy atom. The van der Waals surface area contributed by atoms with Crippen LogP contribution in [-0.2, 0) is 4.74 Å². The van der Waals surface area contributed by atoms with Gasteiger partial charge in [-0.05, 0) is 32.0 Å². The van der Waals surface area contributed by atoms with Crippen molar-refractivity contribution in [2.45, 2.75) is 25.4 Å². The lowest BCUT2D eigenvalue weighted by Crippen LogP contribution is -2.40. The van der Waals surface area contributed by atoms with Crippen LogP contribution in [-0.4, -0.2) is 46.0 Å². The highest BCUT2D eigenvalue weighted by Gasteiger charge is 2.19. The first-order chi connectivity index (χ1) is 12.6. The molecule has 0 saturated carbocycles. The SMILES string of the molecule is CC(C)Oc1ccc2cnn(-c3ccnc(N4CCOC(S)C4)c3)c2c1. The Hall–Kier alpha value is -2.25. The van der Waals surface area contributed by atoms with E-state index in [9.17, 15) is 0 Å². The summed E-state index contributed by atoms with van der Waals surface area (Å²) in [6.07, 6.45) is 3.81. The fourth-order valence-electron chi connectivity index (χ4n) is 3.10. The van der Waals surface area contributed by atoms with Crippen LogP contribution >= 0.6 is 12.6 Å². The summed E-state index contributed by atoms with van der Waals surface area (Å²) in [5.41, 5.74) is 1.89. The third-order valence-corrected chi connectivity index (χ3v) is 4.57. The molecule has 0 N–H and O–H groups in total. The Labute approximate surface area is 158 Å². The van der Waals surface area contributed by atoms with Gasteiger partial charge in [-0.2, -0.15) is 5.10 Å². The van der Waals surface area contributed by atoms with Gasteiger partial charge in [0.2, 0.25) is 0 Å². The summed E-state index contributed by atoms with van der Waals surface area (Å²) in [5.74, 6) is 1.75. The molecular weight excluding hydrogens is 348 g/mol. The number of fused-ring (bicyclic) bond motifs is 1. The molecule has 4 rings (SSSR count). The second-order valence-electron chi connectivity index (χ2n) is 6.59. The van der Waals surface area contributed by atoms with Crippen LogP contribution in [0.3, 0.4) is 0 Å². The molecule has 1 saturated heterocycles. The average Bonchev–Trinajstić information content (AvgIpc) is 3.04. The number of benzene rings is 1. The molecule has 1 unspecified atom stereocenters. The first kappa shape index (κ1) is 17.2. The molecule has 1 atom stereocenters. The molecule has 0 bridgehead atoms. The molecule has 136 valence electrons. The van der Waals surface area contributed by atoms with Crippen LogP contribution < -0.4 is 9.64 Å². The van der Waals surface area contributed by atoms with Gasteiger partial charge in [0.25, 0.3) is 0 Å². The van der Waals surface area contributed by atoms with E-state index in [1.165, 1.54) is 0 Å². The molecule has 2 aromatic heterocycles. The van der Waals surface area contributed by atoms with E-state index in [0.717, 1.165) is 34.7 Å². The molecule has 3 aromatic rings. The van der Waals surface area contributed by atoms with Crippen molar-refractivity contribution in [1.82, 2.24) is 14.8 Å². The molecule has 1 aromatic carbocycles. The van der Waals surface area contributed by atoms with Gasteiger partial charge in [-0.25, -0.2) is 9.67 Å². The molecule has 1 aliphatic rings. The van der Waals surface area contributed by atoms with Crippen LogP contribution in [0.25, 0.3) is 16.6 Å². The van der Waals surface area contributed by atoms with Gasteiger partial charge in [-0.15, -0.1) is 12.6 Å². The molecular formula is C19H22N4O2S. The quantitative estimate of drug-likeness (QED) is 0.714. The number of hydrogen-bond acceptors (Lipinski definition) is 6. The molecule has 0 aliphatic carbocycles. The number of aromatic nitrogens is 3. The lowest BCUT2D eigenvalue weighted by atomic mass is 10.2. The molecule has 1 aliphatic heterocycles. The molecule has 0 amide bonds. The van der Waals surface area contributed by atoms with Crippen LogP contribution in [0.1, 0.15) is 13.8 Å². The van der Waals surface area contributed by atoms with Crippen LogP contribution in [0.2, 0.25) is 0 Å². The number of ether oxygens (including phenoxy) is 2. The van der Waals surface area contributed by atoms with Gasteiger partial charge in [0.05, 0.1) is 36.7 Å². The number of anilines is 1. The first-order valence-corrected chi connectivity index (χ1v) is 9.27. The van der Waals surface area contributed by atoms with Crippen molar-refractivity contribution in [3.63, 3.8) is 0 Å². The van der Waals surface area contributed by atoms with Crippen LogP contribution in [0.5, 0.6) is 5.75 Å². The fourth-order valence-corrected chi connectivity index (χ4v) is 3.40. The number of rotatable bonds is 4. The van der Waals surface area contributed by atoms with Crippen LogP contribution in [0, 0.1) is 0 Å². The lowest BCUT2D eigenvalue weighted by Gasteiger charge is -2.31. The normalized spacial score (nSPS) is 17.8. The standard InChI is InChI=1S/C19H22N4O2S/c1-13(2)25-16-4-3-14-11-21-23(17(14)10-16)15-5-6-20-18(9-15)22-7-8-24-19(26)12-22/h3-6,9-11,13,19,26H,7-8,12H2,1-2H3. The topological polar surface area (TPSA) is 52.4 Å². The minimum absolute atomic E-state index is 0.0875. The van der Waals surface area contributed by atoms with E-state index in [-0.39, 0.29) is 11.5 Å². The number of hydrogen-bond donors (Lipinski definition) is 1. The van der Waals surface area contributed by atoms with Crippen molar-refractivity contribution < 1.29 is 9.47 Å². The summed E-state index contributed by atoms with van der Waals surface area (Å²) in [6.45, 7) is 6.22. The number of pyridine rings is 1. The van der Waals surface area contributed by atoms with E-state index < -0.39 is 0 Å². The minimum atomic E-state index is -0.0875. The fraction of sp³-hybridized carbons (Fsp3) is 0.368. The van der Waals surface area contributed by atoms with Crippen molar-refractivity contribution in [3.8, 4) is 11.4 Å². The maximum Gasteiger partial charge on any atom is 0.130 e. The second kappa shape index (κ2) is 7.17. The van der Waals surface area contributed by atoms with Crippen molar-refractivity contribution in [3.05, 3.63) is 42.7 Å². The maximum atomic E-state index is 5.83. The van der Waals surface area contributed by atoms with E-state index in [1.54, 1.807) is 0 Å². The van der Waals surface area contributed by atoms with E-state index >= 15 is 0 Å². The Balaban J connectivity index is 1.70. The van der Waals surface area contributed by atoms with E-state index in [2.05, 4.69) is 27.6 Å². The Morgan fingerprint density at radius 1 is 1.27 bits per heavy atom. The highest BCUT2D eigenvalue weighted by Crippen LogP contribution is 2.26. The largest absolute Gasteiger partial charge is 0.491 e. The summed E-state index contributed by atoms with van der Waals surface area (Å²) < 4.78 is 13.2. The molecule has 7 heteroatoms. The summed E-state index contributed by atoms with van der Waals surface area (Å²) in [7, 11) is 0. The Kier molecular flexibility index (Phi) is 4.74.